The predicted octanol–water partition coefficient (Wildman–Crippen LogP) is 14.1. The van der Waals surface area contributed by atoms with Crippen molar-refractivity contribution in [2.75, 3.05) is 4.90 Å². The molecule has 0 atom stereocenters. The van der Waals surface area contributed by atoms with Gasteiger partial charge in [-0.15, -0.1) is 0 Å². The first-order valence-corrected chi connectivity index (χ1v) is 17.4. The number of hydrogen-bond acceptors (Lipinski definition) is 1. The normalized spacial score (nSPS) is 11.3. The molecule has 0 unspecified atom stereocenters. The molecular formula is C49H34FN. The van der Waals surface area contributed by atoms with Crippen LogP contribution in [-0.4, -0.2) is 0 Å². The third-order valence-electron chi connectivity index (χ3n) is 9.92. The summed E-state index contributed by atoms with van der Waals surface area (Å²) in [5.41, 5.74) is 11.2. The second-order valence-corrected chi connectivity index (χ2v) is 13.1. The van der Waals surface area contributed by atoms with Crippen molar-refractivity contribution in [1.82, 2.24) is 0 Å². The highest BCUT2D eigenvalue weighted by Crippen LogP contribution is 2.50. The van der Waals surface area contributed by atoms with Gasteiger partial charge in [-0.2, -0.15) is 0 Å². The Morgan fingerprint density at radius 2 is 0.922 bits per heavy atom. The van der Waals surface area contributed by atoms with Crippen LogP contribution in [0.4, 0.5) is 21.5 Å². The van der Waals surface area contributed by atoms with Crippen molar-refractivity contribution >= 4 is 49.4 Å². The Hall–Kier alpha value is -6.51. The summed E-state index contributed by atoms with van der Waals surface area (Å²) in [6, 6.07) is 65.6. The number of hydrogen-bond donors (Lipinski definition) is 0. The van der Waals surface area contributed by atoms with Crippen LogP contribution in [0.1, 0.15) is 5.56 Å². The van der Waals surface area contributed by atoms with E-state index in [2.05, 4.69) is 176 Å². The molecule has 9 aromatic carbocycles. The van der Waals surface area contributed by atoms with Crippen LogP contribution < -0.4 is 4.90 Å². The lowest BCUT2D eigenvalue weighted by atomic mass is 9.81. The highest BCUT2D eigenvalue weighted by molar-refractivity contribution is 6.33. The first-order chi connectivity index (χ1) is 25.1. The lowest BCUT2D eigenvalue weighted by Crippen LogP contribution is -2.10. The fourth-order valence-corrected chi connectivity index (χ4v) is 7.68. The highest BCUT2D eigenvalue weighted by atomic mass is 19.1. The molecule has 0 bridgehead atoms. The van der Waals surface area contributed by atoms with Crippen LogP contribution in [0.3, 0.4) is 0 Å². The van der Waals surface area contributed by atoms with Crippen LogP contribution >= 0.6 is 0 Å². The SMILES string of the molecule is Cc1cccc(N(c2ccc(F)cc2)c2ccc3c(c2)c2ccccc2c2c(-c4ccccc4)cc(-c4ccccc4)c(-c4ccccc4)c32)c1. The monoisotopic (exact) mass is 655 g/mol. The molecule has 1 nitrogen and oxygen atoms in total. The Labute approximate surface area is 297 Å². The number of benzene rings is 9. The molecule has 0 saturated carbocycles. The number of rotatable bonds is 6. The minimum atomic E-state index is -0.254. The van der Waals surface area contributed by atoms with E-state index in [9.17, 15) is 4.39 Å². The number of anilines is 3. The van der Waals surface area contributed by atoms with Crippen LogP contribution in [0.5, 0.6) is 0 Å². The third-order valence-corrected chi connectivity index (χ3v) is 9.92. The standard InChI is InChI=1S/C49H34FN/c1-33-14-13-21-39(30-33)51(38-26-24-37(50)25-27-38)40-28-29-43-46(31-40)41-22-11-12-23-42(41)48-45(35-17-7-3-8-18-35)32-44(34-15-5-2-6-16-34)47(49(43)48)36-19-9-4-10-20-36/h2-32H,1H3. The number of nitrogens with zero attached hydrogens (tertiary/aromatic N) is 1. The maximum atomic E-state index is 14.2. The first kappa shape index (κ1) is 30.5. The molecule has 2 heteroatoms. The number of aryl methyl sites for hydroxylation is 1. The van der Waals surface area contributed by atoms with E-state index in [-0.39, 0.29) is 5.82 Å². The largest absolute Gasteiger partial charge is 0.310 e. The van der Waals surface area contributed by atoms with Gasteiger partial charge in [0.25, 0.3) is 0 Å². The summed E-state index contributed by atoms with van der Waals surface area (Å²) >= 11 is 0. The topological polar surface area (TPSA) is 3.24 Å². The van der Waals surface area contributed by atoms with Crippen LogP contribution in [0, 0.1) is 12.7 Å². The molecule has 242 valence electrons. The summed E-state index contributed by atoms with van der Waals surface area (Å²) in [4.78, 5) is 2.22. The van der Waals surface area contributed by atoms with Gasteiger partial charge in [0.15, 0.2) is 0 Å². The van der Waals surface area contributed by atoms with Gasteiger partial charge in [0.1, 0.15) is 5.82 Å². The van der Waals surface area contributed by atoms with Gasteiger partial charge in [0.05, 0.1) is 0 Å². The van der Waals surface area contributed by atoms with Crippen molar-refractivity contribution < 1.29 is 4.39 Å². The molecule has 0 aliphatic carbocycles. The number of halogens is 1. The summed E-state index contributed by atoms with van der Waals surface area (Å²) in [5, 5.41) is 7.21. The van der Waals surface area contributed by atoms with E-state index in [1.54, 1.807) is 0 Å². The second kappa shape index (κ2) is 12.7. The molecule has 0 N–H and O–H groups in total. The second-order valence-electron chi connectivity index (χ2n) is 13.1. The maximum absolute atomic E-state index is 14.2. The van der Waals surface area contributed by atoms with E-state index in [1.165, 1.54) is 72.4 Å². The maximum Gasteiger partial charge on any atom is 0.123 e. The molecule has 0 radical (unpaired) electrons. The summed E-state index contributed by atoms with van der Waals surface area (Å²) in [6.45, 7) is 2.10. The molecule has 0 aliphatic heterocycles. The Morgan fingerprint density at radius 3 is 1.59 bits per heavy atom. The lowest BCUT2D eigenvalue weighted by molar-refractivity contribution is 0.628. The molecule has 0 amide bonds. The van der Waals surface area contributed by atoms with Crippen LogP contribution in [0.15, 0.2) is 188 Å². The van der Waals surface area contributed by atoms with Crippen molar-refractivity contribution in [2.24, 2.45) is 0 Å². The molecule has 0 spiro atoms. The summed E-state index contributed by atoms with van der Waals surface area (Å²) in [5.74, 6) is -0.254. The minimum Gasteiger partial charge on any atom is -0.310 e. The summed E-state index contributed by atoms with van der Waals surface area (Å²) < 4.78 is 14.2. The highest BCUT2D eigenvalue weighted by Gasteiger charge is 2.22. The van der Waals surface area contributed by atoms with E-state index < -0.39 is 0 Å². The van der Waals surface area contributed by atoms with Gasteiger partial charge in [-0.25, -0.2) is 4.39 Å². The molecule has 0 fully saturated rings. The van der Waals surface area contributed by atoms with Gasteiger partial charge in [-0.3, -0.25) is 0 Å². The van der Waals surface area contributed by atoms with Crippen molar-refractivity contribution in [3.63, 3.8) is 0 Å². The van der Waals surface area contributed by atoms with E-state index in [0.717, 1.165) is 28.0 Å². The zero-order valence-electron chi connectivity index (χ0n) is 28.2. The average Bonchev–Trinajstić information content (AvgIpc) is 3.19. The van der Waals surface area contributed by atoms with Gasteiger partial charge in [0.2, 0.25) is 0 Å². The van der Waals surface area contributed by atoms with Gasteiger partial charge in [-0.05, 0) is 133 Å². The lowest BCUT2D eigenvalue weighted by Gasteiger charge is -2.27. The Bertz CT molecular complexity index is 2680. The van der Waals surface area contributed by atoms with Gasteiger partial charge >= 0.3 is 0 Å². The zero-order chi connectivity index (χ0) is 34.3. The molecule has 51 heavy (non-hydrogen) atoms. The van der Waals surface area contributed by atoms with Gasteiger partial charge in [-0.1, -0.05) is 133 Å². The number of fused-ring (bicyclic) bond motifs is 6. The van der Waals surface area contributed by atoms with E-state index in [4.69, 9.17) is 0 Å². The van der Waals surface area contributed by atoms with Crippen molar-refractivity contribution in [2.45, 2.75) is 6.92 Å². The van der Waals surface area contributed by atoms with Crippen molar-refractivity contribution in [3.05, 3.63) is 199 Å². The first-order valence-electron chi connectivity index (χ1n) is 17.4. The molecule has 9 rings (SSSR count). The molecule has 0 heterocycles. The Balaban J connectivity index is 1.45. The Kier molecular flexibility index (Phi) is 7.63. The Morgan fingerprint density at radius 1 is 0.373 bits per heavy atom. The third kappa shape index (κ3) is 5.42. The van der Waals surface area contributed by atoms with E-state index >= 15 is 0 Å². The molecule has 0 saturated heterocycles. The summed E-state index contributed by atoms with van der Waals surface area (Å²) in [6.07, 6.45) is 0. The van der Waals surface area contributed by atoms with Gasteiger partial charge in [0, 0.05) is 17.1 Å². The molecule has 0 aliphatic rings. The average molecular weight is 656 g/mol. The van der Waals surface area contributed by atoms with Crippen LogP contribution in [0.2, 0.25) is 0 Å². The molecular weight excluding hydrogens is 622 g/mol. The van der Waals surface area contributed by atoms with E-state index in [1.807, 2.05) is 12.1 Å². The van der Waals surface area contributed by atoms with Gasteiger partial charge < -0.3 is 4.90 Å². The summed E-state index contributed by atoms with van der Waals surface area (Å²) in [7, 11) is 0. The fraction of sp³-hybridized carbons (Fsp3) is 0.0204. The quantitative estimate of drug-likeness (QED) is 0.161. The predicted molar refractivity (Wildman–Crippen MR) is 215 cm³/mol. The molecule has 0 aromatic heterocycles. The minimum absolute atomic E-state index is 0.254. The smallest absolute Gasteiger partial charge is 0.123 e. The zero-order valence-corrected chi connectivity index (χ0v) is 28.2. The van der Waals surface area contributed by atoms with Crippen LogP contribution in [-0.2, 0) is 0 Å². The van der Waals surface area contributed by atoms with Crippen LogP contribution in [0.25, 0.3) is 65.7 Å². The fourth-order valence-electron chi connectivity index (χ4n) is 7.68. The van der Waals surface area contributed by atoms with E-state index in [0.29, 0.717) is 0 Å². The van der Waals surface area contributed by atoms with Crippen molar-refractivity contribution in [1.29, 1.82) is 0 Å². The van der Waals surface area contributed by atoms with Crippen molar-refractivity contribution in [3.8, 4) is 33.4 Å². The molecule has 9 aromatic rings.